The van der Waals surface area contributed by atoms with Crippen LogP contribution in [0.2, 0.25) is 0 Å². The van der Waals surface area contributed by atoms with E-state index in [4.69, 9.17) is 5.11 Å². The van der Waals surface area contributed by atoms with Gasteiger partial charge in [0, 0.05) is 30.2 Å². The molecule has 4 nitrogen and oxygen atoms in total. The second-order valence-corrected chi connectivity index (χ2v) is 4.17. The van der Waals surface area contributed by atoms with Crippen molar-refractivity contribution in [3.63, 3.8) is 0 Å². The van der Waals surface area contributed by atoms with E-state index in [1.165, 1.54) is 6.20 Å². The number of nitrogens with one attached hydrogen (secondary N) is 1. The van der Waals surface area contributed by atoms with Crippen LogP contribution in [0.3, 0.4) is 0 Å². The average molecular weight is 271 g/mol. The van der Waals surface area contributed by atoms with Crippen molar-refractivity contribution >= 4 is 0 Å². The van der Waals surface area contributed by atoms with E-state index in [0.29, 0.717) is 5.69 Å². The minimum atomic E-state index is -4.73. The van der Waals surface area contributed by atoms with Crippen molar-refractivity contribution < 1.29 is 18.3 Å². The molecule has 0 radical (unpaired) electrons. The Hall–Kier alpha value is -1.89. The zero-order valence-corrected chi connectivity index (χ0v) is 10.0. The van der Waals surface area contributed by atoms with Crippen molar-refractivity contribution in [3.8, 4) is 0 Å². The van der Waals surface area contributed by atoms with Crippen LogP contribution in [0, 0.1) is 0 Å². The molecular formula is C12H12F3N3O. The smallest absolute Gasteiger partial charge is 0.377 e. The van der Waals surface area contributed by atoms with E-state index in [2.05, 4.69) is 15.0 Å². The summed E-state index contributed by atoms with van der Waals surface area (Å²) in [5.41, 5.74) is 1.40. The first-order valence-electron chi connectivity index (χ1n) is 5.59. The molecule has 0 bridgehead atoms. The van der Waals surface area contributed by atoms with Crippen LogP contribution >= 0.6 is 0 Å². The number of aliphatic hydroxyl groups is 1. The third-order valence-electron chi connectivity index (χ3n) is 2.86. The number of aliphatic hydroxyl groups excluding tert-OH is 1. The van der Waals surface area contributed by atoms with Gasteiger partial charge in [0.05, 0.1) is 0 Å². The summed E-state index contributed by atoms with van der Waals surface area (Å²) in [5, 5.41) is 9.09. The summed E-state index contributed by atoms with van der Waals surface area (Å²) in [5.74, 6) is -0.659. The number of imidazole rings is 1. The molecule has 2 rings (SSSR count). The SMILES string of the molecule is C[C@H](c1ccncc1)c1cnc(C(O)C(F)(F)F)[nH]1. The van der Waals surface area contributed by atoms with Gasteiger partial charge in [-0.1, -0.05) is 6.92 Å². The number of alkyl halides is 3. The Morgan fingerprint density at radius 2 is 1.89 bits per heavy atom. The molecule has 2 heterocycles. The fourth-order valence-corrected chi connectivity index (χ4v) is 1.70. The van der Waals surface area contributed by atoms with Gasteiger partial charge >= 0.3 is 6.18 Å². The van der Waals surface area contributed by atoms with Crippen molar-refractivity contribution in [3.05, 3.63) is 47.8 Å². The van der Waals surface area contributed by atoms with E-state index in [1.54, 1.807) is 24.5 Å². The zero-order chi connectivity index (χ0) is 14.0. The fraction of sp³-hybridized carbons (Fsp3) is 0.333. The van der Waals surface area contributed by atoms with Gasteiger partial charge in [0.1, 0.15) is 5.82 Å². The van der Waals surface area contributed by atoms with Crippen molar-refractivity contribution in [2.75, 3.05) is 0 Å². The van der Waals surface area contributed by atoms with E-state index < -0.39 is 18.1 Å². The van der Waals surface area contributed by atoms with Crippen molar-refractivity contribution in [1.82, 2.24) is 15.0 Å². The number of nitrogens with zero attached hydrogens (tertiary/aromatic N) is 2. The predicted octanol–water partition coefficient (Wildman–Crippen LogP) is 2.55. The molecule has 0 fully saturated rings. The second-order valence-electron chi connectivity index (χ2n) is 4.17. The third-order valence-corrected chi connectivity index (χ3v) is 2.86. The molecule has 2 atom stereocenters. The van der Waals surface area contributed by atoms with Crippen LogP contribution in [-0.2, 0) is 0 Å². The summed E-state index contributed by atoms with van der Waals surface area (Å²) in [4.78, 5) is 9.98. The number of aromatic nitrogens is 3. The lowest BCUT2D eigenvalue weighted by Gasteiger charge is -2.12. The Balaban J connectivity index is 2.22. The largest absolute Gasteiger partial charge is 0.421 e. The van der Waals surface area contributed by atoms with Crippen LogP contribution in [0.4, 0.5) is 13.2 Å². The standard InChI is InChI=1S/C12H12F3N3O/c1-7(8-2-4-16-5-3-8)9-6-17-11(18-9)10(19)12(13,14)15/h2-7,10,19H,1H3,(H,17,18)/t7-,10?/m1/s1. The average Bonchev–Trinajstić information content (AvgIpc) is 2.86. The van der Waals surface area contributed by atoms with E-state index in [0.717, 1.165) is 5.56 Å². The van der Waals surface area contributed by atoms with Gasteiger partial charge in [0.15, 0.2) is 0 Å². The quantitative estimate of drug-likeness (QED) is 0.901. The topological polar surface area (TPSA) is 61.8 Å². The Morgan fingerprint density at radius 3 is 2.47 bits per heavy atom. The van der Waals surface area contributed by atoms with Gasteiger partial charge in [-0.25, -0.2) is 4.98 Å². The second kappa shape index (κ2) is 5.00. The van der Waals surface area contributed by atoms with Crippen molar-refractivity contribution in [2.45, 2.75) is 25.1 Å². The van der Waals surface area contributed by atoms with Crippen LogP contribution in [0.25, 0.3) is 0 Å². The highest BCUT2D eigenvalue weighted by atomic mass is 19.4. The molecule has 2 aromatic rings. The van der Waals surface area contributed by atoms with E-state index in [1.807, 2.05) is 6.92 Å². The summed E-state index contributed by atoms with van der Waals surface area (Å²) < 4.78 is 37.0. The van der Waals surface area contributed by atoms with Gasteiger partial charge in [-0.05, 0) is 17.7 Å². The Bertz CT molecular complexity index is 539. The number of H-pyrrole nitrogens is 1. The lowest BCUT2D eigenvalue weighted by molar-refractivity contribution is -0.209. The Kier molecular flexibility index (Phi) is 3.57. The molecule has 0 aliphatic rings. The van der Waals surface area contributed by atoms with Crippen molar-refractivity contribution in [1.29, 1.82) is 0 Å². The number of aromatic amines is 1. The molecule has 0 saturated carbocycles. The number of pyridine rings is 1. The Labute approximate surface area is 107 Å². The van der Waals surface area contributed by atoms with Crippen LogP contribution in [0.1, 0.15) is 36.0 Å². The number of halogens is 3. The minimum absolute atomic E-state index is 0.162. The summed E-state index contributed by atoms with van der Waals surface area (Å²) in [6.07, 6.45) is -2.81. The molecule has 7 heteroatoms. The first kappa shape index (κ1) is 13.5. The molecule has 102 valence electrons. The summed E-state index contributed by atoms with van der Waals surface area (Å²) in [6, 6.07) is 3.54. The van der Waals surface area contributed by atoms with Gasteiger partial charge in [-0.2, -0.15) is 13.2 Å². The van der Waals surface area contributed by atoms with E-state index in [-0.39, 0.29) is 5.92 Å². The highest BCUT2D eigenvalue weighted by Gasteiger charge is 2.41. The molecule has 0 amide bonds. The lowest BCUT2D eigenvalue weighted by Crippen LogP contribution is -2.21. The van der Waals surface area contributed by atoms with E-state index >= 15 is 0 Å². The molecule has 2 aromatic heterocycles. The molecule has 2 N–H and O–H groups in total. The molecule has 0 spiro atoms. The normalized spacial score (nSPS) is 15.2. The van der Waals surface area contributed by atoms with Gasteiger partial charge in [0.25, 0.3) is 0 Å². The third kappa shape index (κ3) is 2.93. The molecule has 0 aliphatic carbocycles. The van der Waals surface area contributed by atoms with Gasteiger partial charge in [-0.3, -0.25) is 4.98 Å². The minimum Gasteiger partial charge on any atom is -0.377 e. The molecule has 0 aromatic carbocycles. The molecular weight excluding hydrogens is 259 g/mol. The number of hydrogen-bond acceptors (Lipinski definition) is 3. The maximum absolute atomic E-state index is 12.3. The summed E-state index contributed by atoms with van der Waals surface area (Å²) in [6.45, 7) is 1.83. The molecule has 0 saturated heterocycles. The Morgan fingerprint density at radius 1 is 1.26 bits per heavy atom. The van der Waals surface area contributed by atoms with Gasteiger partial charge < -0.3 is 10.1 Å². The maximum Gasteiger partial charge on any atom is 0.421 e. The van der Waals surface area contributed by atoms with Gasteiger partial charge in [-0.15, -0.1) is 0 Å². The van der Waals surface area contributed by atoms with E-state index in [9.17, 15) is 13.2 Å². The first-order valence-corrected chi connectivity index (χ1v) is 5.59. The molecule has 19 heavy (non-hydrogen) atoms. The van der Waals surface area contributed by atoms with Gasteiger partial charge in [0.2, 0.25) is 6.10 Å². The lowest BCUT2D eigenvalue weighted by atomic mass is 10.00. The highest BCUT2D eigenvalue weighted by molar-refractivity contribution is 5.25. The summed E-state index contributed by atoms with van der Waals surface area (Å²) in [7, 11) is 0. The van der Waals surface area contributed by atoms with Crippen molar-refractivity contribution in [2.24, 2.45) is 0 Å². The van der Waals surface area contributed by atoms with Crippen LogP contribution in [0.5, 0.6) is 0 Å². The monoisotopic (exact) mass is 271 g/mol. The first-order chi connectivity index (χ1) is 8.89. The molecule has 1 unspecified atom stereocenters. The highest BCUT2D eigenvalue weighted by Crippen LogP contribution is 2.32. The predicted molar refractivity (Wildman–Crippen MR) is 61.4 cm³/mol. The zero-order valence-electron chi connectivity index (χ0n) is 10.0. The fourth-order valence-electron chi connectivity index (χ4n) is 1.70. The molecule has 0 aliphatic heterocycles. The number of hydrogen-bond donors (Lipinski definition) is 2. The number of rotatable bonds is 3. The van der Waals surface area contributed by atoms with Crippen LogP contribution < -0.4 is 0 Å². The maximum atomic E-state index is 12.3. The summed E-state index contributed by atoms with van der Waals surface area (Å²) >= 11 is 0. The van der Waals surface area contributed by atoms with Crippen LogP contribution in [0.15, 0.2) is 30.7 Å². The van der Waals surface area contributed by atoms with Crippen LogP contribution in [-0.4, -0.2) is 26.2 Å².